The highest BCUT2D eigenvalue weighted by Gasteiger charge is 2.34. The molecule has 0 unspecified atom stereocenters. The highest BCUT2D eigenvalue weighted by molar-refractivity contribution is 5.75. The molecule has 4 rings (SSSR count). The molecule has 2 aromatic carbocycles. The van der Waals surface area contributed by atoms with E-state index in [0.29, 0.717) is 25.4 Å². The van der Waals surface area contributed by atoms with Crippen LogP contribution < -0.4 is 5.32 Å². The highest BCUT2D eigenvalue weighted by Crippen LogP contribution is 2.39. The predicted octanol–water partition coefficient (Wildman–Crippen LogP) is 6.20. The standard InChI is InChI=1S/C35H48N2O6/c1-2-21-37(30-9-7-8-10-30)24-31-22-32(28-17-15-27(25-38)16-18-28)43-35(42-31)29-19-13-26(14-20-29)23-36-33(39)11-5-3-4-6-12-34(40)41/h2,13-20,30-32,35,38H,1,3-12,21-25H2,(H,36,39)(H,40,41)/t31-,32+,35+/m1/s1. The van der Waals surface area contributed by atoms with Crippen molar-refractivity contribution in [2.75, 3.05) is 13.1 Å². The highest BCUT2D eigenvalue weighted by atomic mass is 16.7. The number of ether oxygens (including phenoxy) is 2. The van der Waals surface area contributed by atoms with Gasteiger partial charge in [0.25, 0.3) is 0 Å². The molecule has 8 heteroatoms. The molecule has 0 radical (unpaired) electrons. The molecule has 1 aliphatic carbocycles. The summed E-state index contributed by atoms with van der Waals surface area (Å²) in [5, 5.41) is 21.2. The van der Waals surface area contributed by atoms with Gasteiger partial charge in [-0.3, -0.25) is 14.5 Å². The van der Waals surface area contributed by atoms with Crippen LogP contribution in [0.3, 0.4) is 0 Å². The van der Waals surface area contributed by atoms with E-state index in [9.17, 15) is 14.7 Å². The number of carbonyl (C=O) groups is 2. The van der Waals surface area contributed by atoms with Gasteiger partial charge in [-0.25, -0.2) is 0 Å². The van der Waals surface area contributed by atoms with Gasteiger partial charge in [-0.1, -0.05) is 80.3 Å². The summed E-state index contributed by atoms with van der Waals surface area (Å²) in [7, 11) is 0. The van der Waals surface area contributed by atoms with Gasteiger partial charge >= 0.3 is 5.97 Å². The van der Waals surface area contributed by atoms with Crippen molar-refractivity contribution in [1.29, 1.82) is 0 Å². The zero-order valence-corrected chi connectivity index (χ0v) is 25.3. The average Bonchev–Trinajstić information content (AvgIpc) is 3.57. The first kappa shape index (κ1) is 32.9. The van der Waals surface area contributed by atoms with Gasteiger partial charge in [0.2, 0.25) is 5.91 Å². The molecule has 2 fully saturated rings. The van der Waals surface area contributed by atoms with E-state index in [2.05, 4.69) is 16.8 Å². The number of carboxylic acids is 1. The third-order valence-corrected chi connectivity index (χ3v) is 8.54. The van der Waals surface area contributed by atoms with Gasteiger partial charge in [-0.2, -0.15) is 0 Å². The molecule has 2 aliphatic rings. The van der Waals surface area contributed by atoms with Crippen LogP contribution in [0.1, 0.15) is 105 Å². The number of rotatable bonds is 17. The summed E-state index contributed by atoms with van der Waals surface area (Å²) in [6, 6.07) is 16.6. The fraction of sp³-hybridized carbons (Fsp3) is 0.543. The molecule has 1 amide bonds. The zero-order valence-electron chi connectivity index (χ0n) is 25.3. The summed E-state index contributed by atoms with van der Waals surface area (Å²) >= 11 is 0. The number of nitrogens with one attached hydrogen (secondary N) is 1. The Hall–Kier alpha value is -3.04. The number of amides is 1. The summed E-state index contributed by atoms with van der Waals surface area (Å²) in [5.74, 6) is -0.765. The van der Waals surface area contributed by atoms with E-state index in [-0.39, 0.29) is 31.1 Å². The predicted molar refractivity (Wildman–Crippen MR) is 166 cm³/mol. The number of carbonyl (C=O) groups excluding carboxylic acids is 1. The van der Waals surface area contributed by atoms with E-state index in [1.807, 2.05) is 54.6 Å². The summed E-state index contributed by atoms with van der Waals surface area (Å²) in [5.41, 5.74) is 3.89. The van der Waals surface area contributed by atoms with Crippen LogP contribution in [0.5, 0.6) is 0 Å². The van der Waals surface area contributed by atoms with Gasteiger partial charge < -0.3 is 25.0 Å². The van der Waals surface area contributed by atoms with Crippen molar-refractivity contribution in [3.63, 3.8) is 0 Å². The van der Waals surface area contributed by atoms with E-state index in [0.717, 1.165) is 61.0 Å². The minimum absolute atomic E-state index is 0.00509. The molecule has 2 aromatic rings. The maximum absolute atomic E-state index is 12.3. The van der Waals surface area contributed by atoms with Crippen LogP contribution in [0.4, 0.5) is 0 Å². The summed E-state index contributed by atoms with van der Waals surface area (Å²) < 4.78 is 13.1. The van der Waals surface area contributed by atoms with Gasteiger partial charge in [0, 0.05) is 50.5 Å². The number of unbranched alkanes of at least 4 members (excludes halogenated alkanes) is 3. The molecular weight excluding hydrogens is 544 g/mol. The largest absolute Gasteiger partial charge is 0.481 e. The Balaban J connectivity index is 1.35. The Labute approximate surface area is 256 Å². The number of hydrogen-bond acceptors (Lipinski definition) is 6. The van der Waals surface area contributed by atoms with Gasteiger partial charge in [-0.05, 0) is 42.4 Å². The smallest absolute Gasteiger partial charge is 0.303 e. The fourth-order valence-electron chi connectivity index (χ4n) is 6.10. The Morgan fingerprint density at radius 3 is 2.21 bits per heavy atom. The Kier molecular flexibility index (Phi) is 13.2. The lowest BCUT2D eigenvalue weighted by Gasteiger charge is -2.39. The second-order valence-electron chi connectivity index (χ2n) is 11.9. The first-order chi connectivity index (χ1) is 20.9. The lowest BCUT2D eigenvalue weighted by atomic mass is 9.99. The average molecular weight is 593 g/mol. The third-order valence-electron chi connectivity index (χ3n) is 8.54. The number of aliphatic hydroxyl groups excluding tert-OH is 1. The maximum atomic E-state index is 12.3. The Morgan fingerprint density at radius 2 is 1.56 bits per heavy atom. The quantitative estimate of drug-likeness (QED) is 0.148. The van der Waals surface area contributed by atoms with E-state index in [4.69, 9.17) is 14.6 Å². The van der Waals surface area contributed by atoms with Crippen LogP contribution in [0.2, 0.25) is 0 Å². The van der Waals surface area contributed by atoms with Crippen LogP contribution >= 0.6 is 0 Å². The summed E-state index contributed by atoms with van der Waals surface area (Å²) in [6.45, 7) is 6.13. The SMILES string of the molecule is C=CCN(C[C@H]1C[C@@H](c2ccc(CO)cc2)O[C@@H](c2ccc(CNC(=O)CCCCCCC(=O)O)cc2)O1)C1CCCC1. The van der Waals surface area contributed by atoms with E-state index >= 15 is 0 Å². The monoisotopic (exact) mass is 592 g/mol. The molecule has 1 saturated carbocycles. The van der Waals surface area contributed by atoms with E-state index in [1.165, 1.54) is 25.7 Å². The molecule has 1 saturated heterocycles. The molecule has 0 aromatic heterocycles. The van der Waals surface area contributed by atoms with Crippen LogP contribution in [0, 0.1) is 0 Å². The lowest BCUT2D eigenvalue weighted by Crippen LogP contribution is -2.43. The summed E-state index contributed by atoms with van der Waals surface area (Å²) in [6.07, 6.45) is 10.8. The third kappa shape index (κ3) is 10.6. The molecule has 0 spiro atoms. The Bertz CT molecular complexity index is 1150. The number of hydrogen-bond donors (Lipinski definition) is 3. The molecule has 1 aliphatic heterocycles. The van der Waals surface area contributed by atoms with Crippen molar-refractivity contribution >= 4 is 11.9 Å². The first-order valence-corrected chi connectivity index (χ1v) is 15.9. The normalized spacial score (nSPS) is 20.7. The molecular formula is C35H48N2O6. The van der Waals surface area contributed by atoms with Crippen LogP contribution in [-0.4, -0.2) is 52.2 Å². The Morgan fingerprint density at radius 1 is 0.907 bits per heavy atom. The van der Waals surface area contributed by atoms with Crippen molar-refractivity contribution < 1.29 is 29.3 Å². The lowest BCUT2D eigenvalue weighted by molar-refractivity contribution is -0.253. The number of benzene rings is 2. The number of carboxylic acid groups (broad SMARTS) is 1. The topological polar surface area (TPSA) is 108 Å². The maximum Gasteiger partial charge on any atom is 0.303 e. The molecule has 43 heavy (non-hydrogen) atoms. The molecule has 234 valence electrons. The van der Waals surface area contributed by atoms with Crippen molar-refractivity contribution in [3.05, 3.63) is 83.4 Å². The second kappa shape index (κ2) is 17.3. The van der Waals surface area contributed by atoms with Crippen molar-refractivity contribution in [1.82, 2.24) is 10.2 Å². The van der Waals surface area contributed by atoms with Gasteiger partial charge in [0.15, 0.2) is 6.29 Å². The van der Waals surface area contributed by atoms with Crippen LogP contribution in [0.15, 0.2) is 61.2 Å². The molecule has 3 N–H and O–H groups in total. The van der Waals surface area contributed by atoms with Crippen molar-refractivity contribution in [3.8, 4) is 0 Å². The molecule has 8 nitrogen and oxygen atoms in total. The molecule has 3 atom stereocenters. The van der Waals surface area contributed by atoms with E-state index < -0.39 is 12.3 Å². The number of aliphatic carboxylic acids is 1. The molecule has 1 heterocycles. The van der Waals surface area contributed by atoms with Gasteiger partial charge in [-0.15, -0.1) is 6.58 Å². The minimum atomic E-state index is -0.770. The van der Waals surface area contributed by atoms with Crippen LogP contribution in [0.25, 0.3) is 0 Å². The minimum Gasteiger partial charge on any atom is -0.481 e. The first-order valence-electron chi connectivity index (χ1n) is 15.9. The summed E-state index contributed by atoms with van der Waals surface area (Å²) in [4.78, 5) is 25.4. The van der Waals surface area contributed by atoms with Crippen LogP contribution in [-0.2, 0) is 32.2 Å². The van der Waals surface area contributed by atoms with Crippen molar-refractivity contribution in [2.24, 2.45) is 0 Å². The van der Waals surface area contributed by atoms with E-state index in [1.54, 1.807) is 0 Å². The van der Waals surface area contributed by atoms with Gasteiger partial charge in [0.1, 0.15) is 0 Å². The number of nitrogens with zero attached hydrogens (tertiary/aromatic N) is 1. The fourth-order valence-corrected chi connectivity index (χ4v) is 6.10. The second-order valence-corrected chi connectivity index (χ2v) is 11.9. The zero-order chi connectivity index (χ0) is 30.4. The number of aliphatic hydroxyl groups is 1. The van der Waals surface area contributed by atoms with Crippen molar-refractivity contribution in [2.45, 2.75) is 108 Å². The molecule has 0 bridgehead atoms. The van der Waals surface area contributed by atoms with Gasteiger partial charge in [0.05, 0.1) is 18.8 Å².